The summed E-state index contributed by atoms with van der Waals surface area (Å²) in [6.45, 7) is 3.67. The molecule has 0 aliphatic rings. The van der Waals surface area contributed by atoms with Gasteiger partial charge in [0.05, 0.1) is 12.6 Å². The van der Waals surface area contributed by atoms with Crippen molar-refractivity contribution in [1.82, 2.24) is 10.3 Å². The van der Waals surface area contributed by atoms with Gasteiger partial charge in [-0.2, -0.15) is 0 Å². The molecular weight excluding hydrogens is 318 g/mol. The first-order valence-electron chi connectivity index (χ1n) is 8.23. The second kappa shape index (κ2) is 7.36. The van der Waals surface area contributed by atoms with Crippen LogP contribution in [0.4, 0.5) is 10.5 Å². The van der Waals surface area contributed by atoms with E-state index in [1.54, 1.807) is 25.1 Å². The number of aryl methyl sites for hydroxylation is 2. The van der Waals surface area contributed by atoms with Crippen molar-refractivity contribution in [3.8, 4) is 0 Å². The molecule has 0 bridgehead atoms. The molecular formula is C19H21N3O3. The number of anilines is 1. The van der Waals surface area contributed by atoms with Crippen molar-refractivity contribution in [2.75, 3.05) is 11.9 Å². The molecule has 3 rings (SSSR count). The number of benzene rings is 2. The van der Waals surface area contributed by atoms with E-state index >= 15 is 0 Å². The average Bonchev–Trinajstić information content (AvgIpc) is 2.99. The molecule has 3 N–H and O–H groups in total. The van der Waals surface area contributed by atoms with Crippen LogP contribution in [0.15, 0.2) is 46.9 Å². The van der Waals surface area contributed by atoms with Crippen LogP contribution in [0.1, 0.15) is 30.0 Å². The van der Waals surface area contributed by atoms with Gasteiger partial charge in [-0.05, 0) is 35.7 Å². The quantitative estimate of drug-likeness (QED) is 0.663. The number of nitrogens with one attached hydrogen (secondary N) is 2. The normalized spacial score (nSPS) is 12.1. The Balaban J connectivity index is 1.68. The molecule has 0 radical (unpaired) electrons. The van der Waals surface area contributed by atoms with E-state index < -0.39 is 12.1 Å². The lowest BCUT2D eigenvalue weighted by Gasteiger charge is -2.17. The molecule has 0 aliphatic heterocycles. The second-order valence-electron chi connectivity index (χ2n) is 5.84. The smallest absolute Gasteiger partial charge is 0.319 e. The third-order valence-corrected chi connectivity index (χ3v) is 4.03. The number of carbonyl (C=O) groups is 1. The maximum Gasteiger partial charge on any atom is 0.319 e. The number of aliphatic hydroxyl groups is 1. The number of nitrogens with zero attached hydrogens (tertiary/aromatic N) is 1. The van der Waals surface area contributed by atoms with E-state index in [0.717, 1.165) is 12.0 Å². The monoisotopic (exact) mass is 339 g/mol. The van der Waals surface area contributed by atoms with Gasteiger partial charge in [0.1, 0.15) is 5.52 Å². The Morgan fingerprint density at radius 3 is 2.68 bits per heavy atom. The predicted octanol–water partition coefficient (Wildman–Crippen LogP) is 3.55. The predicted molar refractivity (Wildman–Crippen MR) is 96.5 cm³/mol. The molecule has 0 saturated carbocycles. The van der Waals surface area contributed by atoms with Crippen molar-refractivity contribution < 1.29 is 14.3 Å². The lowest BCUT2D eigenvalue weighted by molar-refractivity contribution is 0.225. The number of urea groups is 1. The van der Waals surface area contributed by atoms with Gasteiger partial charge in [-0.3, -0.25) is 0 Å². The highest BCUT2D eigenvalue weighted by Crippen LogP contribution is 2.20. The lowest BCUT2D eigenvalue weighted by atomic mass is 10.0. The molecule has 6 heteroatoms. The molecule has 1 atom stereocenters. The Hall–Kier alpha value is -2.86. The summed E-state index contributed by atoms with van der Waals surface area (Å²) in [7, 11) is 0. The molecule has 0 spiro atoms. The Labute approximate surface area is 145 Å². The molecule has 1 heterocycles. The third-order valence-electron chi connectivity index (χ3n) is 4.03. The van der Waals surface area contributed by atoms with Crippen molar-refractivity contribution >= 4 is 22.8 Å². The minimum atomic E-state index is -0.469. The summed E-state index contributed by atoms with van der Waals surface area (Å²) in [5.41, 5.74) is 4.03. The highest BCUT2D eigenvalue weighted by atomic mass is 16.3. The summed E-state index contributed by atoms with van der Waals surface area (Å²) >= 11 is 0. The van der Waals surface area contributed by atoms with Gasteiger partial charge in [0.25, 0.3) is 0 Å². The number of amides is 2. The summed E-state index contributed by atoms with van der Waals surface area (Å²) in [4.78, 5) is 16.5. The number of aliphatic hydroxyl groups excluding tert-OH is 1. The molecule has 1 unspecified atom stereocenters. The number of hydrogen-bond donors (Lipinski definition) is 3. The van der Waals surface area contributed by atoms with Crippen molar-refractivity contribution in [2.45, 2.75) is 26.3 Å². The molecule has 0 aliphatic carbocycles. The first kappa shape index (κ1) is 17.0. The highest BCUT2D eigenvalue weighted by molar-refractivity contribution is 5.91. The summed E-state index contributed by atoms with van der Waals surface area (Å²) in [5.74, 6) is 0.576. The van der Waals surface area contributed by atoms with Crippen LogP contribution < -0.4 is 10.6 Å². The number of oxazole rings is 1. The van der Waals surface area contributed by atoms with Gasteiger partial charge in [-0.25, -0.2) is 9.78 Å². The van der Waals surface area contributed by atoms with Gasteiger partial charge in [0, 0.05) is 12.6 Å². The number of hydrogen-bond acceptors (Lipinski definition) is 4. The molecule has 0 fully saturated rings. The first-order chi connectivity index (χ1) is 12.1. The van der Waals surface area contributed by atoms with Crippen LogP contribution in [0.25, 0.3) is 11.1 Å². The largest absolute Gasteiger partial charge is 0.441 e. The number of aromatic nitrogens is 1. The summed E-state index contributed by atoms with van der Waals surface area (Å²) in [5, 5.41) is 15.1. The summed E-state index contributed by atoms with van der Waals surface area (Å²) in [6.07, 6.45) is 0.946. The third kappa shape index (κ3) is 3.97. The Bertz CT molecular complexity index is 871. The van der Waals surface area contributed by atoms with Gasteiger partial charge in [0.2, 0.25) is 0 Å². The maximum atomic E-state index is 12.2. The second-order valence-corrected chi connectivity index (χ2v) is 5.84. The minimum absolute atomic E-state index is 0.180. The molecule has 130 valence electrons. The topological polar surface area (TPSA) is 87.4 Å². The van der Waals surface area contributed by atoms with Gasteiger partial charge < -0.3 is 20.2 Å². The number of fused-ring (bicyclic) bond motifs is 1. The molecule has 2 aromatic carbocycles. The van der Waals surface area contributed by atoms with Crippen LogP contribution in [-0.2, 0) is 6.42 Å². The van der Waals surface area contributed by atoms with E-state index in [9.17, 15) is 9.90 Å². The van der Waals surface area contributed by atoms with Crippen LogP contribution in [0.5, 0.6) is 0 Å². The Morgan fingerprint density at radius 2 is 2.00 bits per heavy atom. The van der Waals surface area contributed by atoms with Gasteiger partial charge in [-0.15, -0.1) is 0 Å². The summed E-state index contributed by atoms with van der Waals surface area (Å²) < 4.78 is 5.41. The molecule has 2 amide bonds. The average molecular weight is 339 g/mol. The fourth-order valence-electron chi connectivity index (χ4n) is 2.67. The Morgan fingerprint density at radius 1 is 1.24 bits per heavy atom. The van der Waals surface area contributed by atoms with Gasteiger partial charge in [0.15, 0.2) is 11.5 Å². The molecule has 1 aromatic heterocycles. The zero-order chi connectivity index (χ0) is 17.8. The molecule has 25 heavy (non-hydrogen) atoms. The maximum absolute atomic E-state index is 12.2. The zero-order valence-corrected chi connectivity index (χ0v) is 14.2. The van der Waals surface area contributed by atoms with Crippen molar-refractivity contribution in [3.63, 3.8) is 0 Å². The van der Waals surface area contributed by atoms with Crippen LogP contribution in [0.2, 0.25) is 0 Å². The SMILES string of the molecule is CCc1ccc(C(CO)NC(=O)Nc2ccc3oc(C)nc3c2)cc1. The Kier molecular flexibility index (Phi) is 5.00. The standard InChI is InChI=1S/C19H21N3O3/c1-3-13-4-6-14(7-5-13)17(11-23)22-19(24)21-15-8-9-18-16(10-15)20-12(2)25-18/h4-10,17,23H,3,11H2,1-2H3,(H2,21,22,24). The fourth-order valence-corrected chi connectivity index (χ4v) is 2.67. The van der Waals surface area contributed by atoms with Crippen molar-refractivity contribution in [2.24, 2.45) is 0 Å². The zero-order valence-electron chi connectivity index (χ0n) is 14.2. The van der Waals surface area contributed by atoms with Crippen LogP contribution in [-0.4, -0.2) is 22.7 Å². The highest BCUT2D eigenvalue weighted by Gasteiger charge is 2.14. The van der Waals surface area contributed by atoms with E-state index in [1.165, 1.54) is 5.56 Å². The van der Waals surface area contributed by atoms with Crippen molar-refractivity contribution in [1.29, 1.82) is 0 Å². The van der Waals surface area contributed by atoms with E-state index in [1.807, 2.05) is 24.3 Å². The number of rotatable bonds is 5. The van der Waals surface area contributed by atoms with Gasteiger partial charge >= 0.3 is 6.03 Å². The van der Waals surface area contributed by atoms with Crippen LogP contribution >= 0.6 is 0 Å². The molecule has 0 saturated heterocycles. The molecule has 6 nitrogen and oxygen atoms in total. The van der Waals surface area contributed by atoms with E-state index in [4.69, 9.17) is 4.42 Å². The fraction of sp³-hybridized carbons (Fsp3) is 0.263. The first-order valence-corrected chi connectivity index (χ1v) is 8.23. The van der Waals surface area contributed by atoms with Crippen LogP contribution in [0, 0.1) is 6.92 Å². The molecule has 3 aromatic rings. The van der Waals surface area contributed by atoms with E-state index in [-0.39, 0.29) is 6.61 Å². The lowest BCUT2D eigenvalue weighted by Crippen LogP contribution is -2.34. The summed E-state index contributed by atoms with van der Waals surface area (Å²) in [6, 6.07) is 12.2. The minimum Gasteiger partial charge on any atom is -0.441 e. The van der Waals surface area contributed by atoms with E-state index in [0.29, 0.717) is 22.7 Å². The van der Waals surface area contributed by atoms with Crippen LogP contribution in [0.3, 0.4) is 0 Å². The van der Waals surface area contributed by atoms with Crippen molar-refractivity contribution in [3.05, 3.63) is 59.5 Å². The number of carbonyl (C=O) groups excluding carboxylic acids is 1. The van der Waals surface area contributed by atoms with Gasteiger partial charge in [-0.1, -0.05) is 31.2 Å². The van der Waals surface area contributed by atoms with E-state index in [2.05, 4.69) is 22.5 Å².